The van der Waals surface area contributed by atoms with Crippen molar-refractivity contribution in [2.45, 2.75) is 19.3 Å². The van der Waals surface area contributed by atoms with E-state index in [2.05, 4.69) is 22.6 Å². The Hall–Kier alpha value is 0.200. The van der Waals surface area contributed by atoms with Crippen molar-refractivity contribution in [1.82, 2.24) is 0 Å². The largest absolute Gasteiger partial charge is 0.465 e. The Morgan fingerprint density at radius 1 is 1.70 bits per heavy atom. The van der Waals surface area contributed by atoms with E-state index in [9.17, 15) is 4.79 Å². The first-order valence-corrected chi connectivity index (χ1v) is 5.07. The molecule has 0 amide bonds. The Morgan fingerprint density at radius 3 is 3.00 bits per heavy atom. The zero-order valence-electron chi connectivity index (χ0n) is 5.81. The second-order valence-electron chi connectivity index (χ2n) is 2.58. The third-order valence-corrected chi connectivity index (χ3v) is 2.44. The van der Waals surface area contributed by atoms with Crippen molar-refractivity contribution in [2.75, 3.05) is 11.0 Å². The molecule has 0 aromatic heterocycles. The molecule has 0 spiro atoms. The smallest absolute Gasteiger partial charge is 0.306 e. The van der Waals surface area contributed by atoms with E-state index in [1.807, 2.05) is 0 Å². The minimum atomic E-state index is -0.0153. The van der Waals surface area contributed by atoms with E-state index in [0.29, 0.717) is 18.9 Å². The number of hydrogen-bond donors (Lipinski definition) is 0. The molecule has 0 aliphatic carbocycles. The number of ether oxygens (including phenoxy) is 1. The highest BCUT2D eigenvalue weighted by atomic mass is 127. The Morgan fingerprint density at radius 2 is 2.50 bits per heavy atom. The van der Waals surface area contributed by atoms with Gasteiger partial charge in [-0.25, -0.2) is 0 Å². The molecule has 3 heteroatoms. The van der Waals surface area contributed by atoms with Crippen LogP contribution in [0.3, 0.4) is 0 Å². The summed E-state index contributed by atoms with van der Waals surface area (Å²) in [7, 11) is 0. The molecule has 1 heterocycles. The minimum Gasteiger partial charge on any atom is -0.465 e. The number of carbonyl (C=O) groups is 1. The summed E-state index contributed by atoms with van der Waals surface area (Å²) in [4.78, 5) is 10.6. The summed E-state index contributed by atoms with van der Waals surface area (Å²) in [6, 6.07) is 0. The van der Waals surface area contributed by atoms with Crippen LogP contribution in [0.15, 0.2) is 0 Å². The van der Waals surface area contributed by atoms with Crippen LogP contribution >= 0.6 is 22.6 Å². The highest BCUT2D eigenvalue weighted by Crippen LogP contribution is 2.19. The number of halogens is 1. The maximum atomic E-state index is 10.6. The average molecular weight is 254 g/mol. The fourth-order valence-corrected chi connectivity index (χ4v) is 1.56. The molecule has 0 saturated carbocycles. The molecule has 2 nitrogen and oxygen atoms in total. The van der Waals surface area contributed by atoms with Crippen molar-refractivity contribution in [3.8, 4) is 0 Å². The average Bonchev–Trinajstić information content (AvgIpc) is 2.31. The third kappa shape index (κ3) is 2.44. The van der Waals surface area contributed by atoms with Crippen molar-refractivity contribution in [3.05, 3.63) is 0 Å². The lowest BCUT2D eigenvalue weighted by Crippen LogP contribution is -1.98. The van der Waals surface area contributed by atoms with Crippen LogP contribution in [-0.4, -0.2) is 17.0 Å². The van der Waals surface area contributed by atoms with E-state index < -0.39 is 0 Å². The van der Waals surface area contributed by atoms with Gasteiger partial charge in [-0.15, -0.1) is 0 Å². The molecule has 1 aliphatic heterocycles. The molecular weight excluding hydrogens is 243 g/mol. The lowest BCUT2D eigenvalue weighted by atomic mass is 10.0. The van der Waals surface area contributed by atoms with E-state index in [0.717, 1.165) is 6.42 Å². The SMILES string of the molecule is O=C1CC(CCCI)CO1. The first-order chi connectivity index (χ1) is 4.83. The Kier molecular flexibility index (Phi) is 3.45. The van der Waals surface area contributed by atoms with Gasteiger partial charge in [0, 0.05) is 5.92 Å². The molecule has 1 rings (SSSR count). The summed E-state index contributed by atoms with van der Waals surface area (Å²) in [6.45, 7) is 0.662. The quantitative estimate of drug-likeness (QED) is 0.436. The summed E-state index contributed by atoms with van der Waals surface area (Å²) in [5.74, 6) is 0.501. The molecule has 0 N–H and O–H groups in total. The number of alkyl halides is 1. The monoisotopic (exact) mass is 254 g/mol. The van der Waals surface area contributed by atoms with Crippen LogP contribution < -0.4 is 0 Å². The molecule has 0 radical (unpaired) electrons. The van der Waals surface area contributed by atoms with Crippen molar-refractivity contribution in [3.63, 3.8) is 0 Å². The first kappa shape index (κ1) is 8.30. The summed E-state index contributed by atoms with van der Waals surface area (Å²) in [5, 5.41) is 0. The number of cyclic esters (lactones) is 1. The van der Waals surface area contributed by atoms with Gasteiger partial charge in [-0.3, -0.25) is 4.79 Å². The number of rotatable bonds is 3. The van der Waals surface area contributed by atoms with Crippen LogP contribution in [0.5, 0.6) is 0 Å². The van der Waals surface area contributed by atoms with Crippen molar-refractivity contribution in [2.24, 2.45) is 5.92 Å². The van der Waals surface area contributed by atoms with Gasteiger partial charge in [0.05, 0.1) is 13.0 Å². The van der Waals surface area contributed by atoms with Gasteiger partial charge in [0.1, 0.15) is 0 Å². The van der Waals surface area contributed by atoms with Gasteiger partial charge >= 0.3 is 5.97 Å². The van der Waals surface area contributed by atoms with E-state index in [1.165, 1.54) is 10.8 Å². The van der Waals surface area contributed by atoms with Crippen molar-refractivity contribution in [1.29, 1.82) is 0 Å². The maximum Gasteiger partial charge on any atom is 0.306 e. The molecule has 0 aromatic carbocycles. The lowest BCUT2D eigenvalue weighted by molar-refractivity contribution is -0.137. The number of esters is 1. The first-order valence-electron chi connectivity index (χ1n) is 3.54. The summed E-state index contributed by atoms with van der Waals surface area (Å²) in [6.07, 6.45) is 3.01. The highest BCUT2D eigenvalue weighted by Gasteiger charge is 2.22. The molecule has 1 fully saturated rings. The zero-order chi connectivity index (χ0) is 7.40. The van der Waals surface area contributed by atoms with Crippen LogP contribution in [-0.2, 0) is 9.53 Å². The van der Waals surface area contributed by atoms with E-state index in [1.54, 1.807) is 0 Å². The Bertz CT molecular complexity index is 125. The molecule has 0 bridgehead atoms. The normalized spacial score (nSPS) is 24.9. The fourth-order valence-electron chi connectivity index (χ4n) is 1.12. The number of carbonyl (C=O) groups excluding carboxylic acids is 1. The number of hydrogen-bond acceptors (Lipinski definition) is 2. The zero-order valence-corrected chi connectivity index (χ0v) is 7.96. The van der Waals surface area contributed by atoms with E-state index in [4.69, 9.17) is 4.74 Å². The Labute approximate surface area is 74.5 Å². The van der Waals surface area contributed by atoms with E-state index >= 15 is 0 Å². The molecule has 1 atom stereocenters. The predicted molar refractivity (Wildman–Crippen MR) is 47.2 cm³/mol. The summed E-state index contributed by atoms with van der Waals surface area (Å²) in [5.41, 5.74) is 0. The highest BCUT2D eigenvalue weighted by molar-refractivity contribution is 14.1. The standard InChI is InChI=1S/C7H11IO2/c8-3-1-2-6-4-7(9)10-5-6/h6H,1-5H2. The summed E-state index contributed by atoms with van der Waals surface area (Å²) < 4.78 is 6.00. The van der Waals surface area contributed by atoms with Gasteiger partial charge in [-0.2, -0.15) is 0 Å². The van der Waals surface area contributed by atoms with Crippen LogP contribution in [0.1, 0.15) is 19.3 Å². The molecule has 1 saturated heterocycles. The molecule has 0 aromatic rings. The molecule has 58 valence electrons. The Balaban J connectivity index is 2.12. The molecule has 1 unspecified atom stereocenters. The van der Waals surface area contributed by atoms with Gasteiger partial charge in [0.15, 0.2) is 0 Å². The van der Waals surface area contributed by atoms with Crippen molar-refractivity contribution < 1.29 is 9.53 Å². The van der Waals surface area contributed by atoms with Crippen LogP contribution in [0.2, 0.25) is 0 Å². The fraction of sp³-hybridized carbons (Fsp3) is 0.857. The van der Waals surface area contributed by atoms with Gasteiger partial charge in [-0.05, 0) is 17.3 Å². The van der Waals surface area contributed by atoms with Crippen LogP contribution in [0, 0.1) is 5.92 Å². The van der Waals surface area contributed by atoms with E-state index in [-0.39, 0.29) is 5.97 Å². The van der Waals surface area contributed by atoms with Crippen LogP contribution in [0.4, 0.5) is 0 Å². The van der Waals surface area contributed by atoms with Gasteiger partial charge < -0.3 is 4.74 Å². The third-order valence-electron chi connectivity index (χ3n) is 1.68. The molecular formula is C7H11IO2. The maximum absolute atomic E-state index is 10.6. The minimum absolute atomic E-state index is 0.0153. The molecule has 10 heavy (non-hydrogen) atoms. The van der Waals surface area contributed by atoms with Gasteiger partial charge in [0.25, 0.3) is 0 Å². The van der Waals surface area contributed by atoms with Crippen molar-refractivity contribution >= 4 is 28.6 Å². The summed E-state index contributed by atoms with van der Waals surface area (Å²) >= 11 is 2.35. The topological polar surface area (TPSA) is 26.3 Å². The van der Waals surface area contributed by atoms with Crippen LogP contribution in [0.25, 0.3) is 0 Å². The second kappa shape index (κ2) is 4.16. The second-order valence-corrected chi connectivity index (χ2v) is 3.66. The van der Waals surface area contributed by atoms with Gasteiger partial charge in [-0.1, -0.05) is 22.6 Å². The van der Waals surface area contributed by atoms with Gasteiger partial charge in [0.2, 0.25) is 0 Å². The lowest BCUT2D eigenvalue weighted by Gasteiger charge is -2.01. The molecule has 1 aliphatic rings. The predicted octanol–water partition coefficient (Wildman–Crippen LogP) is 1.76.